The zero-order valence-corrected chi connectivity index (χ0v) is 18.2. The van der Waals surface area contributed by atoms with E-state index in [9.17, 15) is 18.0 Å². The lowest BCUT2D eigenvalue weighted by Gasteiger charge is -2.43. The molecule has 2 aliphatic rings. The number of piperidine rings is 1. The normalized spacial score (nSPS) is 21.1. The van der Waals surface area contributed by atoms with E-state index in [0.717, 1.165) is 17.6 Å². The fourth-order valence-electron chi connectivity index (χ4n) is 4.14. The molecule has 0 amide bonds. The molecule has 2 aromatic rings. The number of nitrogens with zero attached hydrogens (tertiary/aromatic N) is 1. The van der Waals surface area contributed by atoms with Crippen LogP contribution in [0.3, 0.4) is 0 Å². The van der Waals surface area contributed by atoms with Crippen molar-refractivity contribution < 1.29 is 18.0 Å². The Labute approximate surface area is 188 Å². The summed E-state index contributed by atoms with van der Waals surface area (Å²) in [7, 11) is 0. The first-order valence-corrected chi connectivity index (χ1v) is 10.9. The van der Waals surface area contributed by atoms with Gasteiger partial charge in [0.05, 0.1) is 5.41 Å². The number of halogens is 3. The Morgan fingerprint density at radius 3 is 2.59 bits per heavy atom. The summed E-state index contributed by atoms with van der Waals surface area (Å²) in [6.07, 6.45) is 5.04. The van der Waals surface area contributed by atoms with Gasteiger partial charge < -0.3 is 15.5 Å². The lowest BCUT2D eigenvalue weighted by atomic mass is 9.69. The molecule has 8 heteroatoms. The highest BCUT2D eigenvalue weighted by Crippen LogP contribution is 2.45. The van der Waals surface area contributed by atoms with E-state index in [1.54, 1.807) is 18.2 Å². The molecule has 1 aliphatic heterocycles. The van der Waals surface area contributed by atoms with Crippen molar-refractivity contribution in [1.29, 1.82) is 5.41 Å². The van der Waals surface area contributed by atoms with Gasteiger partial charge in [0.25, 0.3) is 0 Å². The van der Waals surface area contributed by atoms with Gasteiger partial charge in [0, 0.05) is 35.6 Å². The van der Waals surface area contributed by atoms with Crippen LogP contribution in [0.15, 0.2) is 64.2 Å². The van der Waals surface area contributed by atoms with Crippen LogP contribution in [0.1, 0.15) is 18.4 Å². The number of aryl methyl sites for hydroxylation is 1. The van der Waals surface area contributed by atoms with Crippen molar-refractivity contribution in [2.45, 2.75) is 24.7 Å². The van der Waals surface area contributed by atoms with E-state index < -0.39 is 17.0 Å². The molecule has 2 N–H and O–H groups in total. The van der Waals surface area contributed by atoms with Crippen LogP contribution in [-0.2, 0) is 4.79 Å². The monoisotopic (exact) mass is 457 g/mol. The highest BCUT2D eigenvalue weighted by atomic mass is 32.2. The summed E-state index contributed by atoms with van der Waals surface area (Å²) in [4.78, 5) is 12.9. The Morgan fingerprint density at radius 2 is 1.94 bits per heavy atom. The summed E-state index contributed by atoms with van der Waals surface area (Å²) in [6, 6.07) is 8.71. The van der Waals surface area contributed by atoms with Crippen molar-refractivity contribution in [2.24, 2.45) is 5.41 Å². The molecule has 1 aliphatic carbocycles. The molecule has 2 aromatic carbocycles. The highest BCUT2D eigenvalue weighted by molar-refractivity contribution is 7.97. The van der Waals surface area contributed by atoms with Crippen LogP contribution < -0.4 is 5.32 Å². The Balaban J connectivity index is 1.56. The minimum Gasteiger partial charge on any atom is -0.355 e. The lowest BCUT2D eigenvalue weighted by molar-refractivity contribution is -0.115. The number of rotatable bonds is 6. The Bertz CT molecular complexity index is 1110. The number of benzene rings is 2. The van der Waals surface area contributed by atoms with E-state index in [1.807, 2.05) is 10.4 Å². The molecule has 0 radical (unpaired) electrons. The van der Waals surface area contributed by atoms with E-state index in [2.05, 4.69) is 5.32 Å². The molecule has 0 aromatic heterocycles. The molecule has 1 atom stereocenters. The van der Waals surface area contributed by atoms with Crippen LogP contribution in [0.4, 0.5) is 18.9 Å². The number of carbonyl (C=O) groups excluding carboxylic acids is 1. The smallest absolute Gasteiger partial charge is 0.161 e. The van der Waals surface area contributed by atoms with Gasteiger partial charge in [-0.15, -0.1) is 0 Å². The van der Waals surface area contributed by atoms with Gasteiger partial charge in [-0.1, -0.05) is 5.57 Å². The van der Waals surface area contributed by atoms with Crippen LogP contribution in [0, 0.1) is 35.2 Å². The largest absolute Gasteiger partial charge is 0.355 e. The van der Waals surface area contributed by atoms with Crippen LogP contribution in [-0.4, -0.2) is 29.9 Å². The Kier molecular flexibility index (Phi) is 6.26. The quantitative estimate of drug-likeness (QED) is 0.334. The zero-order chi connectivity index (χ0) is 22.9. The molecule has 1 unspecified atom stereocenters. The van der Waals surface area contributed by atoms with Crippen molar-refractivity contribution in [3.05, 3.63) is 82.3 Å². The van der Waals surface area contributed by atoms with Gasteiger partial charge in [-0.3, -0.25) is 0 Å². The van der Waals surface area contributed by atoms with Gasteiger partial charge in [0.1, 0.15) is 12.1 Å². The highest BCUT2D eigenvalue weighted by Gasteiger charge is 2.42. The van der Waals surface area contributed by atoms with Crippen molar-refractivity contribution >= 4 is 30.1 Å². The van der Waals surface area contributed by atoms with Crippen LogP contribution in [0.5, 0.6) is 0 Å². The SMILES string of the molecule is Cc1cc(SN2CCC3=CC(Nc4ccc(F)cc4)=C(C=N)CC3(C=O)C2)cc(F)c1F. The molecule has 1 heterocycles. The van der Waals surface area contributed by atoms with E-state index in [-0.39, 0.29) is 11.4 Å². The number of hydrogen-bond donors (Lipinski definition) is 2. The second-order valence-electron chi connectivity index (χ2n) is 8.08. The molecule has 0 spiro atoms. The molecular weight excluding hydrogens is 435 g/mol. The second kappa shape index (κ2) is 8.96. The maximum Gasteiger partial charge on any atom is 0.161 e. The third-order valence-electron chi connectivity index (χ3n) is 5.84. The predicted molar refractivity (Wildman–Crippen MR) is 120 cm³/mol. The third kappa shape index (κ3) is 4.38. The first-order valence-electron chi connectivity index (χ1n) is 10.2. The third-order valence-corrected chi connectivity index (χ3v) is 6.86. The van der Waals surface area contributed by atoms with Gasteiger partial charge >= 0.3 is 0 Å². The van der Waals surface area contributed by atoms with Crippen LogP contribution >= 0.6 is 11.9 Å². The molecule has 4 rings (SSSR count). The molecule has 4 nitrogen and oxygen atoms in total. The average Bonchev–Trinajstić information content (AvgIpc) is 2.78. The molecule has 1 saturated heterocycles. The van der Waals surface area contributed by atoms with Crippen LogP contribution in [0.25, 0.3) is 0 Å². The molecular formula is C24H22F3N3OS. The molecule has 0 bridgehead atoms. The molecule has 0 saturated carbocycles. The summed E-state index contributed by atoms with van der Waals surface area (Å²) in [5.74, 6) is -2.07. The fourth-order valence-corrected chi connectivity index (χ4v) is 5.30. The Morgan fingerprint density at radius 1 is 1.19 bits per heavy atom. The van der Waals surface area contributed by atoms with Crippen molar-refractivity contribution in [3.63, 3.8) is 0 Å². The number of allylic oxidation sites excluding steroid dienone is 2. The molecule has 1 fully saturated rings. The van der Waals surface area contributed by atoms with E-state index in [1.165, 1.54) is 43.3 Å². The van der Waals surface area contributed by atoms with Crippen LogP contribution in [0.2, 0.25) is 0 Å². The van der Waals surface area contributed by atoms with E-state index in [4.69, 9.17) is 5.41 Å². The number of anilines is 1. The zero-order valence-electron chi connectivity index (χ0n) is 17.4. The summed E-state index contributed by atoms with van der Waals surface area (Å²) >= 11 is 1.30. The number of nitrogens with one attached hydrogen (secondary N) is 2. The summed E-state index contributed by atoms with van der Waals surface area (Å²) in [5, 5.41) is 11.1. The van der Waals surface area contributed by atoms with Gasteiger partial charge in [-0.2, -0.15) is 0 Å². The average molecular weight is 458 g/mol. The van der Waals surface area contributed by atoms with Gasteiger partial charge in [0.15, 0.2) is 11.6 Å². The van der Waals surface area contributed by atoms with Gasteiger partial charge in [-0.25, -0.2) is 17.5 Å². The molecule has 166 valence electrons. The Hall–Kier alpha value is -2.84. The van der Waals surface area contributed by atoms with Crippen molar-refractivity contribution in [2.75, 3.05) is 18.4 Å². The lowest BCUT2D eigenvalue weighted by Crippen LogP contribution is -2.44. The minimum atomic E-state index is -0.890. The van der Waals surface area contributed by atoms with E-state index >= 15 is 0 Å². The topological polar surface area (TPSA) is 56.2 Å². The summed E-state index contributed by atoms with van der Waals surface area (Å²) in [6.45, 7) is 2.55. The molecule has 32 heavy (non-hydrogen) atoms. The van der Waals surface area contributed by atoms with Crippen molar-refractivity contribution in [3.8, 4) is 0 Å². The first-order chi connectivity index (χ1) is 15.3. The number of hydrogen-bond acceptors (Lipinski definition) is 5. The second-order valence-corrected chi connectivity index (χ2v) is 9.25. The standard InChI is InChI=1S/C24H22F3N3OS/c1-15-8-20(10-21(26)23(15)27)32-30-7-6-17-9-22(29-19-4-2-18(25)3-5-19)16(12-28)11-24(17,13-30)14-31/h2-5,8-10,12,14,28-29H,6-7,11,13H2,1H3. The fraction of sp³-hybridized carbons (Fsp3) is 0.250. The van der Waals surface area contributed by atoms with Gasteiger partial charge in [-0.05, 0) is 85.3 Å². The number of aldehydes is 1. The first kappa shape index (κ1) is 22.4. The van der Waals surface area contributed by atoms with Crippen molar-refractivity contribution in [1.82, 2.24) is 4.31 Å². The minimum absolute atomic E-state index is 0.235. The number of fused-ring (bicyclic) bond motifs is 1. The summed E-state index contributed by atoms with van der Waals surface area (Å²) < 4.78 is 42.6. The maximum atomic E-state index is 13.8. The maximum absolute atomic E-state index is 13.8. The predicted octanol–water partition coefficient (Wildman–Crippen LogP) is 5.66. The number of carbonyl (C=O) groups is 1. The summed E-state index contributed by atoms with van der Waals surface area (Å²) in [5.41, 5.74) is 2.48. The van der Waals surface area contributed by atoms with E-state index in [0.29, 0.717) is 42.1 Å². The van der Waals surface area contributed by atoms with Gasteiger partial charge in [0.2, 0.25) is 0 Å².